The lowest BCUT2D eigenvalue weighted by Gasteiger charge is -2.50. The highest BCUT2D eigenvalue weighted by Gasteiger charge is 2.51. The van der Waals surface area contributed by atoms with Gasteiger partial charge in [0.2, 0.25) is 11.8 Å². The van der Waals surface area contributed by atoms with Crippen LogP contribution in [0.5, 0.6) is 0 Å². The molecule has 1 aromatic rings. The van der Waals surface area contributed by atoms with Gasteiger partial charge in [-0.25, -0.2) is 4.98 Å². The molecule has 1 spiro atoms. The number of likely N-dealkylation sites (tertiary alicyclic amines) is 1. The molecule has 5 rings (SSSR count). The molecule has 2 fully saturated rings. The number of hydrogen-bond donors (Lipinski definition) is 1. The van der Waals surface area contributed by atoms with Crippen molar-refractivity contribution in [3.8, 4) is 0 Å². The molecule has 1 N–H and O–H groups in total. The third kappa shape index (κ3) is 2.89. The highest BCUT2D eigenvalue weighted by molar-refractivity contribution is 5.82. The van der Waals surface area contributed by atoms with Crippen LogP contribution in [-0.4, -0.2) is 51.2 Å². The molecule has 1 atom stereocenters. The molecule has 2 amide bonds. The first-order chi connectivity index (χ1) is 13.2. The van der Waals surface area contributed by atoms with Gasteiger partial charge in [-0.3, -0.25) is 9.59 Å². The Labute approximate surface area is 160 Å². The van der Waals surface area contributed by atoms with E-state index in [9.17, 15) is 9.59 Å². The Bertz CT molecular complexity index is 771. The Balaban J connectivity index is 1.34. The van der Waals surface area contributed by atoms with E-state index in [0.717, 1.165) is 70.3 Å². The standard InChI is InChI=1S/C21H28N4O2/c26-18(13-15-3-1-2-4-15)24-11-8-21(9-12-24)19-17(22-14-23-19)7-10-25(21)20(27)16-5-6-16/h1,3,14-16H,2,4-13H2,(H,22,23)/t15-/m0/s1. The number of aromatic nitrogens is 2. The maximum Gasteiger partial charge on any atom is 0.226 e. The highest BCUT2D eigenvalue weighted by Crippen LogP contribution is 2.45. The Morgan fingerprint density at radius 3 is 2.70 bits per heavy atom. The van der Waals surface area contributed by atoms with E-state index in [1.165, 1.54) is 5.69 Å². The van der Waals surface area contributed by atoms with Crippen LogP contribution in [0.3, 0.4) is 0 Å². The van der Waals surface area contributed by atoms with Crippen molar-refractivity contribution in [2.75, 3.05) is 19.6 Å². The summed E-state index contributed by atoms with van der Waals surface area (Å²) in [6.45, 7) is 2.21. The number of hydrogen-bond acceptors (Lipinski definition) is 3. The molecule has 1 aromatic heterocycles. The van der Waals surface area contributed by atoms with Crippen LogP contribution in [-0.2, 0) is 21.5 Å². The quantitative estimate of drug-likeness (QED) is 0.833. The minimum atomic E-state index is -0.322. The zero-order valence-corrected chi connectivity index (χ0v) is 15.8. The van der Waals surface area contributed by atoms with Crippen LogP contribution in [0.4, 0.5) is 0 Å². The van der Waals surface area contributed by atoms with Gasteiger partial charge in [0, 0.05) is 44.1 Å². The number of rotatable bonds is 3. The van der Waals surface area contributed by atoms with E-state index in [1.54, 1.807) is 6.33 Å². The average molecular weight is 368 g/mol. The maximum absolute atomic E-state index is 13.0. The second kappa shape index (κ2) is 6.50. The minimum Gasteiger partial charge on any atom is -0.348 e. The van der Waals surface area contributed by atoms with Crippen LogP contribution in [0.2, 0.25) is 0 Å². The molecule has 0 unspecified atom stereocenters. The molecule has 3 heterocycles. The van der Waals surface area contributed by atoms with Crippen molar-refractivity contribution in [1.29, 1.82) is 0 Å². The number of imidazole rings is 1. The van der Waals surface area contributed by atoms with Crippen LogP contribution >= 0.6 is 0 Å². The van der Waals surface area contributed by atoms with Gasteiger partial charge in [-0.05, 0) is 44.4 Å². The summed E-state index contributed by atoms with van der Waals surface area (Å²) >= 11 is 0. The average Bonchev–Trinajstić information content (AvgIpc) is 3.19. The number of fused-ring (bicyclic) bond motifs is 2. The fourth-order valence-corrected chi connectivity index (χ4v) is 5.20. The zero-order valence-electron chi connectivity index (χ0n) is 15.8. The van der Waals surface area contributed by atoms with Crippen molar-refractivity contribution in [2.24, 2.45) is 11.8 Å². The van der Waals surface area contributed by atoms with E-state index in [4.69, 9.17) is 0 Å². The molecule has 144 valence electrons. The van der Waals surface area contributed by atoms with Crippen molar-refractivity contribution >= 4 is 11.8 Å². The number of H-pyrrole nitrogens is 1. The maximum atomic E-state index is 13.0. The van der Waals surface area contributed by atoms with Gasteiger partial charge in [0.1, 0.15) is 0 Å². The summed E-state index contributed by atoms with van der Waals surface area (Å²) in [5.41, 5.74) is 1.90. The number of allylic oxidation sites excluding steroid dienone is 2. The predicted octanol–water partition coefficient (Wildman–Crippen LogP) is 2.38. The lowest BCUT2D eigenvalue weighted by atomic mass is 9.78. The van der Waals surface area contributed by atoms with Crippen LogP contribution < -0.4 is 0 Å². The summed E-state index contributed by atoms with van der Waals surface area (Å²) in [4.78, 5) is 37.8. The van der Waals surface area contributed by atoms with Gasteiger partial charge in [0.25, 0.3) is 0 Å². The lowest BCUT2D eigenvalue weighted by Crippen LogP contribution is -2.59. The summed E-state index contributed by atoms with van der Waals surface area (Å²) in [6.07, 6.45) is 13.5. The molecular formula is C21H28N4O2. The topological polar surface area (TPSA) is 69.3 Å². The molecule has 1 saturated heterocycles. The summed E-state index contributed by atoms with van der Waals surface area (Å²) in [5.74, 6) is 1.20. The number of piperidine rings is 1. The summed E-state index contributed by atoms with van der Waals surface area (Å²) in [6, 6.07) is 0. The summed E-state index contributed by atoms with van der Waals surface area (Å²) < 4.78 is 0. The van der Waals surface area contributed by atoms with E-state index < -0.39 is 0 Å². The van der Waals surface area contributed by atoms with Gasteiger partial charge < -0.3 is 14.8 Å². The monoisotopic (exact) mass is 368 g/mol. The largest absolute Gasteiger partial charge is 0.348 e. The fourth-order valence-electron chi connectivity index (χ4n) is 5.20. The van der Waals surface area contributed by atoms with Crippen molar-refractivity contribution in [2.45, 2.75) is 56.9 Å². The van der Waals surface area contributed by atoms with Crippen molar-refractivity contribution in [1.82, 2.24) is 19.8 Å². The first kappa shape index (κ1) is 17.0. The van der Waals surface area contributed by atoms with E-state index in [1.807, 2.05) is 4.90 Å². The molecule has 2 aliphatic heterocycles. The number of aromatic amines is 1. The summed E-state index contributed by atoms with van der Waals surface area (Å²) in [5, 5.41) is 0. The van der Waals surface area contributed by atoms with Gasteiger partial charge in [0.05, 0.1) is 17.6 Å². The third-order valence-electron chi connectivity index (χ3n) is 6.95. The number of nitrogens with zero attached hydrogens (tertiary/aromatic N) is 3. The predicted molar refractivity (Wildman–Crippen MR) is 101 cm³/mol. The SMILES string of the molecule is O=C(C[C@H]1C=CCC1)N1CCC2(CC1)c1nc[nH]c1CCN2C(=O)C1CC1. The zero-order chi connectivity index (χ0) is 18.4. The Morgan fingerprint density at radius 1 is 1.19 bits per heavy atom. The van der Waals surface area contributed by atoms with Gasteiger partial charge in [-0.15, -0.1) is 0 Å². The molecular weight excluding hydrogens is 340 g/mol. The number of carbonyl (C=O) groups excluding carboxylic acids is 2. The smallest absolute Gasteiger partial charge is 0.226 e. The van der Waals surface area contributed by atoms with Crippen LogP contribution in [0, 0.1) is 11.8 Å². The Kier molecular flexibility index (Phi) is 4.10. The van der Waals surface area contributed by atoms with E-state index in [2.05, 4.69) is 27.0 Å². The molecule has 2 aliphatic carbocycles. The number of nitrogens with one attached hydrogen (secondary N) is 1. The van der Waals surface area contributed by atoms with Gasteiger partial charge >= 0.3 is 0 Å². The first-order valence-corrected chi connectivity index (χ1v) is 10.5. The first-order valence-electron chi connectivity index (χ1n) is 10.5. The Hall–Kier alpha value is -2.11. The molecule has 0 aromatic carbocycles. The second-order valence-corrected chi connectivity index (χ2v) is 8.63. The molecule has 0 radical (unpaired) electrons. The van der Waals surface area contributed by atoms with Gasteiger partial charge in [-0.1, -0.05) is 12.2 Å². The van der Waals surface area contributed by atoms with Gasteiger partial charge in [-0.2, -0.15) is 0 Å². The number of carbonyl (C=O) groups is 2. The Morgan fingerprint density at radius 2 is 2.00 bits per heavy atom. The van der Waals surface area contributed by atoms with Crippen molar-refractivity contribution in [3.63, 3.8) is 0 Å². The van der Waals surface area contributed by atoms with Crippen LogP contribution in [0.25, 0.3) is 0 Å². The van der Waals surface area contributed by atoms with Gasteiger partial charge in [0.15, 0.2) is 0 Å². The van der Waals surface area contributed by atoms with E-state index in [0.29, 0.717) is 18.2 Å². The molecule has 4 aliphatic rings. The normalized spacial score (nSPS) is 26.4. The molecule has 1 saturated carbocycles. The van der Waals surface area contributed by atoms with Crippen molar-refractivity contribution in [3.05, 3.63) is 29.9 Å². The molecule has 0 bridgehead atoms. The summed E-state index contributed by atoms with van der Waals surface area (Å²) in [7, 11) is 0. The van der Waals surface area contributed by atoms with Crippen LogP contribution in [0.15, 0.2) is 18.5 Å². The highest BCUT2D eigenvalue weighted by atomic mass is 16.2. The fraction of sp³-hybridized carbons (Fsp3) is 0.667. The third-order valence-corrected chi connectivity index (χ3v) is 6.95. The van der Waals surface area contributed by atoms with Crippen LogP contribution in [0.1, 0.15) is 56.3 Å². The molecule has 6 nitrogen and oxygen atoms in total. The second-order valence-electron chi connectivity index (χ2n) is 8.63. The minimum absolute atomic E-state index is 0.219. The van der Waals surface area contributed by atoms with E-state index >= 15 is 0 Å². The van der Waals surface area contributed by atoms with E-state index in [-0.39, 0.29) is 17.4 Å². The van der Waals surface area contributed by atoms with Crippen molar-refractivity contribution < 1.29 is 9.59 Å². The molecule has 27 heavy (non-hydrogen) atoms. The number of amides is 2. The lowest BCUT2D eigenvalue weighted by molar-refractivity contribution is -0.145. The molecule has 6 heteroatoms.